The third-order valence-electron chi connectivity index (χ3n) is 4.03. The third-order valence-corrected chi connectivity index (χ3v) is 4.52. The molecule has 1 saturated heterocycles. The number of nitrogens with zero attached hydrogens (tertiary/aromatic N) is 2. The summed E-state index contributed by atoms with van der Waals surface area (Å²) in [4.78, 5) is 4.62. The molecule has 2 rings (SSSR count). The van der Waals surface area contributed by atoms with Gasteiger partial charge in [0.2, 0.25) is 0 Å². The Balaban J connectivity index is 2.10. The molecule has 1 fully saturated rings. The average Bonchev–Trinajstić information content (AvgIpc) is 2.41. The van der Waals surface area contributed by atoms with Gasteiger partial charge in [-0.05, 0) is 57.1 Å². The summed E-state index contributed by atoms with van der Waals surface area (Å²) < 4.78 is 1.02. The Morgan fingerprint density at radius 1 is 1.45 bits per heavy atom. The second-order valence-electron chi connectivity index (χ2n) is 5.70. The van der Waals surface area contributed by atoms with Crippen LogP contribution in [-0.4, -0.2) is 44.5 Å². The van der Waals surface area contributed by atoms with Crippen LogP contribution in [0, 0.1) is 11.3 Å². The number of rotatable bonds is 4. The van der Waals surface area contributed by atoms with E-state index in [1.165, 1.54) is 25.9 Å². The molecule has 1 aromatic rings. The van der Waals surface area contributed by atoms with Gasteiger partial charge in [-0.1, -0.05) is 15.9 Å². The summed E-state index contributed by atoms with van der Waals surface area (Å²) in [5, 5.41) is 7.72. The van der Waals surface area contributed by atoms with Crippen LogP contribution >= 0.6 is 15.9 Å². The Hall–Kier alpha value is -1.07. The lowest BCUT2D eigenvalue weighted by Gasteiger charge is -2.33. The van der Waals surface area contributed by atoms with E-state index < -0.39 is 0 Å². The number of piperidine rings is 1. The third kappa shape index (κ3) is 3.73. The molecular weight excluding hydrogens is 316 g/mol. The van der Waals surface area contributed by atoms with E-state index in [1.807, 2.05) is 18.2 Å². The highest BCUT2D eigenvalue weighted by Gasteiger charge is 2.19. The number of benzene rings is 1. The van der Waals surface area contributed by atoms with Crippen molar-refractivity contribution in [1.29, 1.82) is 5.41 Å². The molecule has 1 heterocycles. The van der Waals surface area contributed by atoms with E-state index in [9.17, 15) is 0 Å². The lowest BCUT2D eigenvalue weighted by atomic mass is 9.96. The van der Waals surface area contributed by atoms with Gasteiger partial charge in [-0.15, -0.1) is 0 Å². The molecule has 0 spiro atoms. The van der Waals surface area contributed by atoms with Crippen molar-refractivity contribution < 1.29 is 0 Å². The first-order valence-electron chi connectivity index (χ1n) is 7.01. The van der Waals surface area contributed by atoms with Crippen LogP contribution in [0.25, 0.3) is 0 Å². The molecule has 1 aliphatic rings. The number of halogens is 1. The molecule has 5 heteroatoms. The molecule has 20 heavy (non-hydrogen) atoms. The fourth-order valence-corrected chi connectivity index (χ4v) is 3.13. The van der Waals surface area contributed by atoms with Crippen LogP contribution in [0.5, 0.6) is 0 Å². The molecule has 0 radical (unpaired) electrons. The van der Waals surface area contributed by atoms with E-state index >= 15 is 0 Å². The van der Waals surface area contributed by atoms with Gasteiger partial charge in [0.25, 0.3) is 0 Å². The maximum absolute atomic E-state index is 7.72. The van der Waals surface area contributed by atoms with Crippen molar-refractivity contribution in [3.05, 3.63) is 28.2 Å². The SMILES string of the molecule is CN1CCC(CN(C)c2cc(Br)ccc2C(=N)N)CC1. The van der Waals surface area contributed by atoms with Gasteiger partial charge in [-0.25, -0.2) is 0 Å². The Morgan fingerprint density at radius 3 is 2.70 bits per heavy atom. The lowest BCUT2D eigenvalue weighted by Crippen LogP contribution is -2.36. The smallest absolute Gasteiger partial charge is 0.124 e. The minimum atomic E-state index is 0.128. The molecule has 0 amide bonds. The molecule has 0 saturated carbocycles. The fraction of sp³-hybridized carbons (Fsp3) is 0.533. The standard InChI is InChI=1S/C15H23BrN4/c1-19-7-5-11(6-8-19)10-20(2)14-9-12(16)3-4-13(14)15(17)18/h3-4,9,11H,5-8,10H2,1-2H3,(H3,17,18). The van der Waals surface area contributed by atoms with Gasteiger partial charge in [0.05, 0.1) is 0 Å². The highest BCUT2D eigenvalue weighted by atomic mass is 79.9. The van der Waals surface area contributed by atoms with Crippen LogP contribution in [0.2, 0.25) is 0 Å². The van der Waals surface area contributed by atoms with E-state index in [2.05, 4.69) is 39.8 Å². The number of anilines is 1. The van der Waals surface area contributed by atoms with E-state index in [0.717, 1.165) is 28.2 Å². The predicted octanol–water partition coefficient (Wildman–Crippen LogP) is 2.51. The molecule has 0 aliphatic carbocycles. The van der Waals surface area contributed by atoms with Crippen LogP contribution in [0.1, 0.15) is 18.4 Å². The minimum Gasteiger partial charge on any atom is -0.384 e. The molecule has 4 nitrogen and oxygen atoms in total. The summed E-state index contributed by atoms with van der Waals surface area (Å²) in [6, 6.07) is 5.89. The van der Waals surface area contributed by atoms with E-state index in [-0.39, 0.29) is 5.84 Å². The summed E-state index contributed by atoms with van der Waals surface area (Å²) >= 11 is 3.50. The Kier molecular flexibility index (Phi) is 5.05. The van der Waals surface area contributed by atoms with Gasteiger partial charge in [-0.2, -0.15) is 0 Å². The van der Waals surface area contributed by atoms with Crippen LogP contribution in [0.15, 0.2) is 22.7 Å². The average molecular weight is 339 g/mol. The van der Waals surface area contributed by atoms with Crippen molar-refractivity contribution in [3.8, 4) is 0 Å². The molecule has 0 aromatic heterocycles. The van der Waals surface area contributed by atoms with Crippen LogP contribution in [0.3, 0.4) is 0 Å². The molecule has 110 valence electrons. The zero-order valence-corrected chi connectivity index (χ0v) is 13.8. The minimum absolute atomic E-state index is 0.128. The number of nitrogen functional groups attached to an aromatic ring is 1. The largest absolute Gasteiger partial charge is 0.384 e. The molecule has 1 aliphatic heterocycles. The summed E-state index contributed by atoms with van der Waals surface area (Å²) in [6.07, 6.45) is 2.48. The van der Waals surface area contributed by atoms with Crippen molar-refractivity contribution in [1.82, 2.24) is 4.90 Å². The summed E-state index contributed by atoms with van der Waals surface area (Å²) in [5.74, 6) is 0.845. The Bertz CT molecular complexity index is 481. The van der Waals surface area contributed by atoms with Crippen molar-refractivity contribution in [2.75, 3.05) is 38.6 Å². The zero-order valence-electron chi connectivity index (χ0n) is 12.2. The van der Waals surface area contributed by atoms with Gasteiger partial charge in [0.15, 0.2) is 0 Å². The number of hydrogen-bond acceptors (Lipinski definition) is 3. The van der Waals surface area contributed by atoms with E-state index in [4.69, 9.17) is 11.1 Å². The molecule has 0 unspecified atom stereocenters. The first-order chi connectivity index (χ1) is 9.47. The second kappa shape index (κ2) is 6.59. The van der Waals surface area contributed by atoms with E-state index in [1.54, 1.807) is 0 Å². The quantitative estimate of drug-likeness (QED) is 0.655. The highest BCUT2D eigenvalue weighted by molar-refractivity contribution is 9.10. The maximum Gasteiger partial charge on any atom is 0.124 e. The van der Waals surface area contributed by atoms with Crippen molar-refractivity contribution >= 4 is 27.5 Å². The highest BCUT2D eigenvalue weighted by Crippen LogP contribution is 2.26. The van der Waals surface area contributed by atoms with Crippen molar-refractivity contribution in [2.45, 2.75) is 12.8 Å². The van der Waals surface area contributed by atoms with Crippen LogP contribution < -0.4 is 10.6 Å². The first-order valence-corrected chi connectivity index (χ1v) is 7.80. The fourth-order valence-electron chi connectivity index (χ4n) is 2.78. The Labute approximate surface area is 129 Å². The van der Waals surface area contributed by atoms with Crippen LogP contribution in [-0.2, 0) is 0 Å². The monoisotopic (exact) mass is 338 g/mol. The molecule has 3 N–H and O–H groups in total. The molecular formula is C15H23BrN4. The van der Waals surface area contributed by atoms with Gasteiger partial charge in [0.1, 0.15) is 5.84 Å². The summed E-state index contributed by atoms with van der Waals surface area (Å²) in [5.41, 5.74) is 7.53. The molecule has 1 aromatic carbocycles. The number of nitrogens with one attached hydrogen (secondary N) is 1. The first kappa shape index (κ1) is 15.3. The molecule has 0 bridgehead atoms. The van der Waals surface area contributed by atoms with Gasteiger partial charge in [0, 0.05) is 29.3 Å². The number of amidine groups is 1. The van der Waals surface area contributed by atoms with E-state index in [0.29, 0.717) is 0 Å². The predicted molar refractivity (Wildman–Crippen MR) is 88.6 cm³/mol. The van der Waals surface area contributed by atoms with Gasteiger partial charge in [-0.3, -0.25) is 5.41 Å². The van der Waals surface area contributed by atoms with Crippen molar-refractivity contribution in [2.24, 2.45) is 11.7 Å². The Morgan fingerprint density at radius 2 is 2.10 bits per heavy atom. The topological polar surface area (TPSA) is 56.4 Å². The number of likely N-dealkylation sites (tertiary alicyclic amines) is 1. The number of nitrogens with two attached hydrogens (primary N) is 1. The summed E-state index contributed by atoms with van der Waals surface area (Å²) in [6.45, 7) is 3.37. The summed E-state index contributed by atoms with van der Waals surface area (Å²) in [7, 11) is 4.27. The van der Waals surface area contributed by atoms with Crippen molar-refractivity contribution in [3.63, 3.8) is 0 Å². The molecule has 0 atom stereocenters. The second-order valence-corrected chi connectivity index (χ2v) is 6.62. The normalized spacial score (nSPS) is 17.1. The maximum atomic E-state index is 7.72. The lowest BCUT2D eigenvalue weighted by molar-refractivity contribution is 0.222. The van der Waals surface area contributed by atoms with Crippen LogP contribution in [0.4, 0.5) is 5.69 Å². The zero-order chi connectivity index (χ0) is 14.7. The van der Waals surface area contributed by atoms with Gasteiger partial charge >= 0.3 is 0 Å². The van der Waals surface area contributed by atoms with Gasteiger partial charge < -0.3 is 15.5 Å². The number of hydrogen-bond donors (Lipinski definition) is 2.